The van der Waals surface area contributed by atoms with E-state index in [0.717, 1.165) is 24.0 Å². The molecule has 0 unspecified atom stereocenters. The molecule has 1 aliphatic rings. The van der Waals surface area contributed by atoms with E-state index in [1.54, 1.807) is 12.1 Å². The molecule has 5 nitrogen and oxygen atoms in total. The van der Waals surface area contributed by atoms with Crippen molar-refractivity contribution in [2.24, 2.45) is 0 Å². The number of aryl methyl sites for hydroxylation is 2. The summed E-state index contributed by atoms with van der Waals surface area (Å²) in [4.78, 5) is 24.9. The largest absolute Gasteiger partial charge is 0.484 e. The van der Waals surface area contributed by atoms with Crippen molar-refractivity contribution in [1.29, 1.82) is 0 Å². The molecule has 0 saturated heterocycles. The summed E-state index contributed by atoms with van der Waals surface area (Å²) in [6.07, 6.45) is 4.57. The summed E-state index contributed by atoms with van der Waals surface area (Å²) < 4.78 is 10.5. The number of nitrogens with one attached hydrogen (secondary N) is 1. The molecule has 0 saturated carbocycles. The van der Waals surface area contributed by atoms with Crippen LogP contribution in [0.3, 0.4) is 0 Å². The van der Waals surface area contributed by atoms with Crippen LogP contribution in [0.5, 0.6) is 5.75 Å². The third kappa shape index (κ3) is 4.39. The van der Waals surface area contributed by atoms with E-state index in [9.17, 15) is 9.59 Å². The summed E-state index contributed by atoms with van der Waals surface area (Å²) in [6, 6.07) is 15.5. The molecule has 0 bridgehead atoms. The van der Waals surface area contributed by atoms with E-state index in [-0.39, 0.29) is 12.5 Å². The molecule has 1 amide bonds. The molecular formula is C24H23NO4S. The summed E-state index contributed by atoms with van der Waals surface area (Å²) in [5, 5.41) is 5.16. The van der Waals surface area contributed by atoms with E-state index in [1.807, 2.05) is 29.6 Å². The molecule has 0 spiro atoms. The fourth-order valence-corrected chi connectivity index (χ4v) is 4.67. The average Bonchev–Trinajstić information content (AvgIpc) is 3.21. The van der Waals surface area contributed by atoms with Gasteiger partial charge in [-0.1, -0.05) is 36.4 Å². The van der Waals surface area contributed by atoms with Crippen molar-refractivity contribution in [2.75, 3.05) is 19.0 Å². The number of amides is 1. The number of carbonyl (C=O) groups is 2. The van der Waals surface area contributed by atoms with E-state index in [0.29, 0.717) is 16.3 Å². The van der Waals surface area contributed by atoms with Gasteiger partial charge in [0, 0.05) is 10.9 Å². The molecule has 1 heterocycles. The van der Waals surface area contributed by atoms with Gasteiger partial charge in [0.2, 0.25) is 0 Å². The number of carbonyl (C=O) groups excluding carboxylic acids is 2. The molecule has 4 rings (SSSR count). The van der Waals surface area contributed by atoms with Gasteiger partial charge < -0.3 is 14.8 Å². The highest BCUT2D eigenvalue weighted by Crippen LogP contribution is 2.37. The quantitative estimate of drug-likeness (QED) is 0.563. The number of anilines is 1. The number of rotatable bonds is 6. The Balaban J connectivity index is 1.56. The van der Waals surface area contributed by atoms with Gasteiger partial charge >= 0.3 is 5.97 Å². The molecule has 0 fully saturated rings. The smallest absolute Gasteiger partial charge is 0.341 e. The van der Waals surface area contributed by atoms with Crippen molar-refractivity contribution >= 4 is 28.2 Å². The Kier molecular flexibility index (Phi) is 6.14. The summed E-state index contributed by atoms with van der Waals surface area (Å²) in [5.74, 6) is -0.187. The van der Waals surface area contributed by atoms with Crippen LogP contribution in [0.25, 0.3) is 11.1 Å². The Morgan fingerprint density at radius 1 is 1.03 bits per heavy atom. The first-order valence-corrected chi connectivity index (χ1v) is 10.8. The number of hydrogen-bond acceptors (Lipinski definition) is 5. The fourth-order valence-electron chi connectivity index (χ4n) is 3.70. The number of benzene rings is 2. The van der Waals surface area contributed by atoms with E-state index < -0.39 is 5.97 Å². The van der Waals surface area contributed by atoms with E-state index >= 15 is 0 Å². The zero-order chi connectivity index (χ0) is 20.9. The van der Waals surface area contributed by atoms with Crippen molar-refractivity contribution in [3.8, 4) is 16.9 Å². The van der Waals surface area contributed by atoms with Crippen LogP contribution in [0, 0.1) is 0 Å². The van der Waals surface area contributed by atoms with Crippen LogP contribution in [0.2, 0.25) is 0 Å². The Morgan fingerprint density at radius 2 is 1.80 bits per heavy atom. The summed E-state index contributed by atoms with van der Waals surface area (Å²) in [6.45, 7) is -0.142. The monoisotopic (exact) mass is 421 g/mol. The van der Waals surface area contributed by atoms with Gasteiger partial charge in [-0.15, -0.1) is 11.3 Å². The van der Waals surface area contributed by atoms with Gasteiger partial charge in [-0.3, -0.25) is 4.79 Å². The van der Waals surface area contributed by atoms with E-state index in [4.69, 9.17) is 9.47 Å². The van der Waals surface area contributed by atoms with Crippen LogP contribution in [0.1, 0.15) is 34.3 Å². The van der Waals surface area contributed by atoms with E-state index in [2.05, 4.69) is 17.4 Å². The lowest BCUT2D eigenvalue weighted by molar-refractivity contribution is -0.118. The van der Waals surface area contributed by atoms with Gasteiger partial charge in [0.15, 0.2) is 6.61 Å². The lowest BCUT2D eigenvalue weighted by atomic mass is 9.89. The molecule has 6 heteroatoms. The van der Waals surface area contributed by atoms with Crippen molar-refractivity contribution in [2.45, 2.75) is 25.7 Å². The first-order valence-electron chi connectivity index (χ1n) is 9.95. The molecule has 1 N–H and O–H groups in total. The highest BCUT2D eigenvalue weighted by Gasteiger charge is 2.23. The van der Waals surface area contributed by atoms with Crippen LogP contribution >= 0.6 is 11.3 Å². The molecule has 0 radical (unpaired) electrons. The van der Waals surface area contributed by atoms with Gasteiger partial charge in [0.25, 0.3) is 5.91 Å². The summed E-state index contributed by atoms with van der Waals surface area (Å²) in [7, 11) is 1.35. The first-order chi connectivity index (χ1) is 14.7. The highest BCUT2D eigenvalue weighted by molar-refractivity contribution is 7.15. The second kappa shape index (κ2) is 9.13. The average molecular weight is 422 g/mol. The third-order valence-corrected chi connectivity index (χ3v) is 6.10. The Hall–Kier alpha value is -3.12. The number of fused-ring (bicyclic) bond motifs is 1. The van der Waals surface area contributed by atoms with Gasteiger partial charge in [-0.25, -0.2) is 4.79 Å². The SMILES string of the molecule is COC(=O)c1c(-c2ccc3c(c2)CCCC3)csc1NC(=O)COc1ccccc1. The third-order valence-electron chi connectivity index (χ3n) is 5.21. The number of thiophene rings is 1. The normalized spacial score (nSPS) is 12.7. The molecule has 0 aliphatic heterocycles. The van der Waals surface area contributed by atoms with Crippen LogP contribution in [-0.4, -0.2) is 25.6 Å². The van der Waals surface area contributed by atoms with Crippen LogP contribution in [0.4, 0.5) is 5.00 Å². The summed E-state index contributed by atoms with van der Waals surface area (Å²) in [5.41, 5.74) is 4.84. The number of para-hydroxylation sites is 1. The maximum absolute atomic E-state index is 12.5. The van der Waals surface area contributed by atoms with Gasteiger partial charge in [0.05, 0.1) is 7.11 Å². The predicted molar refractivity (Wildman–Crippen MR) is 118 cm³/mol. The first kappa shape index (κ1) is 20.2. The second-order valence-electron chi connectivity index (χ2n) is 7.19. The number of hydrogen-bond donors (Lipinski definition) is 1. The topological polar surface area (TPSA) is 64.6 Å². The molecule has 30 heavy (non-hydrogen) atoms. The minimum atomic E-state index is -0.469. The van der Waals surface area contributed by atoms with Gasteiger partial charge in [0.1, 0.15) is 16.3 Å². The molecule has 1 aromatic heterocycles. The summed E-state index contributed by atoms with van der Waals surface area (Å²) >= 11 is 1.31. The van der Waals surface area contributed by atoms with Crippen molar-refractivity contribution in [3.63, 3.8) is 0 Å². The zero-order valence-electron chi connectivity index (χ0n) is 16.8. The lowest BCUT2D eigenvalue weighted by Gasteiger charge is -2.16. The Labute approximate surface area is 179 Å². The van der Waals surface area contributed by atoms with E-state index in [1.165, 1.54) is 42.4 Å². The predicted octanol–water partition coefficient (Wildman–Crippen LogP) is 5.10. The second-order valence-corrected chi connectivity index (χ2v) is 8.07. The molecule has 1 aliphatic carbocycles. The highest BCUT2D eigenvalue weighted by atomic mass is 32.1. The maximum Gasteiger partial charge on any atom is 0.341 e. The molecule has 154 valence electrons. The zero-order valence-corrected chi connectivity index (χ0v) is 17.6. The molecule has 2 aromatic carbocycles. The van der Waals surface area contributed by atoms with Crippen molar-refractivity contribution in [3.05, 3.63) is 70.6 Å². The Bertz CT molecular complexity index is 1060. The standard InChI is InChI=1S/C24H23NO4S/c1-28-24(27)22-20(18-12-11-16-7-5-6-8-17(16)13-18)15-30-23(22)25-21(26)14-29-19-9-3-2-4-10-19/h2-4,9-13,15H,5-8,14H2,1H3,(H,25,26). The minimum absolute atomic E-state index is 0.142. The fraction of sp³-hybridized carbons (Fsp3) is 0.250. The van der Waals surface area contributed by atoms with Gasteiger partial charge in [-0.2, -0.15) is 0 Å². The number of methoxy groups -OCH3 is 1. The van der Waals surface area contributed by atoms with Crippen LogP contribution in [0.15, 0.2) is 53.9 Å². The van der Waals surface area contributed by atoms with Crippen LogP contribution < -0.4 is 10.1 Å². The Morgan fingerprint density at radius 3 is 2.57 bits per heavy atom. The minimum Gasteiger partial charge on any atom is -0.484 e. The lowest BCUT2D eigenvalue weighted by Crippen LogP contribution is -2.21. The molecular weight excluding hydrogens is 398 g/mol. The van der Waals surface area contributed by atoms with Crippen LogP contribution in [-0.2, 0) is 22.4 Å². The van der Waals surface area contributed by atoms with Gasteiger partial charge in [-0.05, 0) is 54.5 Å². The molecule has 3 aromatic rings. The van der Waals surface area contributed by atoms with Crippen molar-refractivity contribution in [1.82, 2.24) is 0 Å². The number of ether oxygens (including phenoxy) is 2. The number of esters is 1. The maximum atomic E-state index is 12.5. The van der Waals surface area contributed by atoms with Crippen molar-refractivity contribution < 1.29 is 19.1 Å². The molecule has 0 atom stereocenters.